The van der Waals surface area contributed by atoms with Crippen molar-refractivity contribution in [1.82, 2.24) is 9.78 Å². The lowest BCUT2D eigenvalue weighted by molar-refractivity contribution is -0.0533. The van der Waals surface area contributed by atoms with Gasteiger partial charge in [-0.3, -0.25) is 4.68 Å². The molecule has 0 aromatic carbocycles. The molecule has 1 N–H and O–H groups in total. The molecule has 2 unspecified atom stereocenters. The van der Waals surface area contributed by atoms with Crippen LogP contribution in [0, 0.1) is 16.7 Å². The zero-order valence-corrected chi connectivity index (χ0v) is 9.26. The van der Waals surface area contributed by atoms with Gasteiger partial charge in [-0.15, -0.1) is 0 Å². The molecular weight excluding hydrogens is 206 g/mol. The number of aryl methyl sites for hydroxylation is 1. The fraction of sp³-hybridized carbons (Fsp3) is 0.636. The second-order valence-electron chi connectivity index (χ2n) is 4.21. The van der Waals surface area contributed by atoms with Crippen molar-refractivity contribution in [2.24, 2.45) is 12.5 Å². The van der Waals surface area contributed by atoms with E-state index >= 15 is 0 Å². The second-order valence-corrected chi connectivity index (χ2v) is 4.21. The van der Waals surface area contributed by atoms with Gasteiger partial charge in [-0.2, -0.15) is 10.4 Å². The molecule has 5 nitrogen and oxygen atoms in total. The van der Waals surface area contributed by atoms with Crippen molar-refractivity contribution in [1.29, 1.82) is 5.26 Å². The topological polar surface area (TPSA) is 71.1 Å². The summed E-state index contributed by atoms with van der Waals surface area (Å²) in [5.41, 5.74) is -0.168. The smallest absolute Gasteiger partial charge is 0.116 e. The van der Waals surface area contributed by atoms with Crippen LogP contribution in [0.1, 0.15) is 24.6 Å². The summed E-state index contributed by atoms with van der Waals surface area (Å²) >= 11 is 0. The summed E-state index contributed by atoms with van der Waals surface area (Å²) in [6, 6.07) is 3.95. The fourth-order valence-corrected chi connectivity index (χ4v) is 2.12. The van der Waals surface area contributed by atoms with E-state index < -0.39 is 11.5 Å². The molecule has 0 bridgehead atoms. The summed E-state index contributed by atoms with van der Waals surface area (Å²) in [5.74, 6) is 0. The van der Waals surface area contributed by atoms with Crippen molar-refractivity contribution >= 4 is 0 Å². The number of aromatic nitrogens is 2. The molecule has 0 aliphatic carbocycles. The Morgan fingerprint density at radius 2 is 2.56 bits per heavy atom. The molecule has 0 amide bonds. The predicted molar refractivity (Wildman–Crippen MR) is 56.3 cm³/mol. The molecule has 0 spiro atoms. The number of nitriles is 1. The minimum atomic E-state index is -0.842. The fourth-order valence-electron chi connectivity index (χ4n) is 2.12. The largest absolute Gasteiger partial charge is 0.385 e. The van der Waals surface area contributed by atoms with Gasteiger partial charge >= 0.3 is 0 Å². The van der Waals surface area contributed by atoms with E-state index in [0.29, 0.717) is 18.7 Å². The average molecular weight is 221 g/mol. The Labute approximate surface area is 94.3 Å². The quantitative estimate of drug-likeness (QED) is 0.800. The normalized spacial score (nSPS) is 27.3. The van der Waals surface area contributed by atoms with E-state index in [-0.39, 0.29) is 6.61 Å². The van der Waals surface area contributed by atoms with Gasteiger partial charge in [0, 0.05) is 19.9 Å². The first kappa shape index (κ1) is 11.1. The molecule has 0 radical (unpaired) electrons. The Morgan fingerprint density at radius 3 is 3.06 bits per heavy atom. The third kappa shape index (κ3) is 1.70. The molecule has 2 heterocycles. The molecule has 1 aromatic rings. The standard InChI is InChI=1S/C11H15N3O2/c1-14-9(3-5-13-14)10(15)11(7-12)4-2-6-16-8-11/h3,5,10,15H,2,4,6,8H2,1H3. The number of ether oxygens (including phenoxy) is 1. The number of rotatable bonds is 2. The number of hydrogen-bond acceptors (Lipinski definition) is 4. The lowest BCUT2D eigenvalue weighted by atomic mass is 9.77. The Hall–Kier alpha value is -1.38. The molecule has 5 heteroatoms. The van der Waals surface area contributed by atoms with Crippen LogP contribution in [0.5, 0.6) is 0 Å². The molecule has 1 fully saturated rings. The highest BCUT2D eigenvalue weighted by atomic mass is 16.5. The van der Waals surface area contributed by atoms with Gasteiger partial charge in [0.05, 0.1) is 18.4 Å². The average Bonchev–Trinajstić information content (AvgIpc) is 2.75. The maximum Gasteiger partial charge on any atom is 0.116 e. The molecule has 0 saturated carbocycles. The third-order valence-corrected chi connectivity index (χ3v) is 3.16. The minimum Gasteiger partial charge on any atom is -0.385 e. The van der Waals surface area contributed by atoms with E-state index in [1.165, 1.54) is 0 Å². The first-order valence-electron chi connectivity index (χ1n) is 5.34. The van der Waals surface area contributed by atoms with Crippen LogP contribution in [0.4, 0.5) is 0 Å². The molecule has 1 aromatic heterocycles. The van der Waals surface area contributed by atoms with Crippen molar-refractivity contribution in [3.05, 3.63) is 18.0 Å². The van der Waals surface area contributed by atoms with E-state index in [0.717, 1.165) is 6.42 Å². The lowest BCUT2D eigenvalue weighted by Crippen LogP contribution is -2.37. The van der Waals surface area contributed by atoms with Gasteiger partial charge in [-0.05, 0) is 18.9 Å². The molecule has 1 aliphatic rings. The van der Waals surface area contributed by atoms with Gasteiger partial charge in [0.25, 0.3) is 0 Å². The number of hydrogen-bond donors (Lipinski definition) is 1. The highest BCUT2D eigenvalue weighted by Gasteiger charge is 2.42. The lowest BCUT2D eigenvalue weighted by Gasteiger charge is -2.34. The maximum atomic E-state index is 10.3. The Kier molecular flexibility index (Phi) is 2.95. The Bertz CT molecular complexity index is 402. The highest BCUT2D eigenvalue weighted by Crippen LogP contribution is 2.39. The molecule has 1 saturated heterocycles. The van der Waals surface area contributed by atoms with Gasteiger partial charge in [0.15, 0.2) is 0 Å². The molecule has 2 atom stereocenters. The monoisotopic (exact) mass is 221 g/mol. The third-order valence-electron chi connectivity index (χ3n) is 3.16. The van der Waals surface area contributed by atoms with Crippen LogP contribution in [0.15, 0.2) is 12.3 Å². The van der Waals surface area contributed by atoms with Crippen LogP contribution >= 0.6 is 0 Å². The van der Waals surface area contributed by atoms with Crippen LogP contribution < -0.4 is 0 Å². The van der Waals surface area contributed by atoms with E-state index in [9.17, 15) is 10.4 Å². The van der Waals surface area contributed by atoms with E-state index in [1.807, 2.05) is 0 Å². The summed E-state index contributed by atoms with van der Waals surface area (Å²) in [6.45, 7) is 0.956. The van der Waals surface area contributed by atoms with Crippen LogP contribution in [0.2, 0.25) is 0 Å². The van der Waals surface area contributed by atoms with E-state index in [2.05, 4.69) is 11.2 Å². The first-order valence-corrected chi connectivity index (χ1v) is 5.34. The summed E-state index contributed by atoms with van der Waals surface area (Å²) in [5, 5.41) is 23.6. The van der Waals surface area contributed by atoms with Crippen molar-refractivity contribution in [3.8, 4) is 6.07 Å². The number of aliphatic hydroxyl groups excluding tert-OH is 1. The van der Waals surface area contributed by atoms with Crippen LogP contribution in [-0.2, 0) is 11.8 Å². The molecule has 86 valence electrons. The van der Waals surface area contributed by atoms with E-state index in [4.69, 9.17) is 4.74 Å². The second kappa shape index (κ2) is 4.24. The molecule has 16 heavy (non-hydrogen) atoms. The number of nitrogens with zero attached hydrogens (tertiary/aromatic N) is 3. The van der Waals surface area contributed by atoms with Crippen molar-refractivity contribution < 1.29 is 9.84 Å². The van der Waals surface area contributed by atoms with Crippen LogP contribution in [0.3, 0.4) is 0 Å². The van der Waals surface area contributed by atoms with Crippen LogP contribution in [0.25, 0.3) is 0 Å². The summed E-state index contributed by atoms with van der Waals surface area (Å²) < 4.78 is 6.92. The molecule has 2 rings (SSSR count). The Balaban J connectivity index is 2.28. The minimum absolute atomic E-state index is 0.288. The highest BCUT2D eigenvalue weighted by molar-refractivity contribution is 5.16. The van der Waals surface area contributed by atoms with Crippen molar-refractivity contribution in [2.45, 2.75) is 18.9 Å². The van der Waals surface area contributed by atoms with Gasteiger partial charge in [0.1, 0.15) is 11.5 Å². The SMILES string of the molecule is Cn1nccc1C(O)C1(C#N)CCCOC1. The summed E-state index contributed by atoms with van der Waals surface area (Å²) in [4.78, 5) is 0. The number of aliphatic hydroxyl groups is 1. The summed E-state index contributed by atoms with van der Waals surface area (Å²) in [7, 11) is 1.76. The van der Waals surface area contributed by atoms with Gasteiger partial charge in [-0.25, -0.2) is 0 Å². The van der Waals surface area contributed by atoms with Gasteiger partial charge in [0.2, 0.25) is 0 Å². The first-order chi connectivity index (χ1) is 7.69. The van der Waals surface area contributed by atoms with Crippen molar-refractivity contribution in [2.75, 3.05) is 13.2 Å². The van der Waals surface area contributed by atoms with Gasteiger partial charge in [-0.1, -0.05) is 0 Å². The zero-order valence-electron chi connectivity index (χ0n) is 9.26. The molecular formula is C11H15N3O2. The van der Waals surface area contributed by atoms with Crippen molar-refractivity contribution in [3.63, 3.8) is 0 Å². The van der Waals surface area contributed by atoms with E-state index in [1.54, 1.807) is 24.0 Å². The summed E-state index contributed by atoms with van der Waals surface area (Å²) in [6.07, 6.45) is 2.25. The Morgan fingerprint density at radius 1 is 1.75 bits per heavy atom. The van der Waals surface area contributed by atoms with Gasteiger partial charge < -0.3 is 9.84 Å². The van der Waals surface area contributed by atoms with Crippen LogP contribution in [-0.4, -0.2) is 28.1 Å². The molecule has 1 aliphatic heterocycles. The zero-order chi connectivity index (χ0) is 11.6. The maximum absolute atomic E-state index is 10.3. The predicted octanol–water partition coefficient (Wildman–Crippen LogP) is 0.774.